The van der Waals surface area contributed by atoms with Crippen molar-refractivity contribution in [1.82, 2.24) is 15.8 Å². The van der Waals surface area contributed by atoms with Gasteiger partial charge in [0.25, 0.3) is 5.91 Å². The van der Waals surface area contributed by atoms with E-state index < -0.39 is 29.4 Å². The number of likely N-dealkylation sites (tertiary alicyclic amines) is 1. The number of rotatable bonds is 2. The van der Waals surface area contributed by atoms with Gasteiger partial charge in [0, 0.05) is 13.1 Å². The Kier molecular flexibility index (Phi) is 6.14. The second-order valence-corrected chi connectivity index (χ2v) is 8.43. The van der Waals surface area contributed by atoms with Crippen molar-refractivity contribution in [3.8, 4) is 5.75 Å². The minimum absolute atomic E-state index is 0.0630. The molecule has 1 aliphatic rings. The van der Waals surface area contributed by atoms with E-state index in [0.717, 1.165) is 10.8 Å². The van der Waals surface area contributed by atoms with Crippen molar-refractivity contribution in [3.05, 3.63) is 42.0 Å². The zero-order valence-electron chi connectivity index (χ0n) is 17.4. The molecule has 0 aromatic heterocycles. The monoisotopic (exact) mass is 413 g/mol. The van der Waals surface area contributed by atoms with Gasteiger partial charge >= 0.3 is 6.09 Å². The summed E-state index contributed by atoms with van der Waals surface area (Å²) in [5.41, 5.74) is 4.21. The van der Waals surface area contributed by atoms with Gasteiger partial charge in [-0.15, -0.1) is 0 Å². The molecule has 1 heterocycles. The number of fused-ring (bicyclic) bond motifs is 1. The summed E-state index contributed by atoms with van der Waals surface area (Å²) >= 11 is 0. The normalized spacial score (nSPS) is 16.8. The molecule has 2 aromatic carbocycles. The van der Waals surface area contributed by atoms with Gasteiger partial charge in [-0.25, -0.2) is 4.79 Å². The molecule has 30 heavy (non-hydrogen) atoms. The number of nitrogens with one attached hydrogen (secondary N) is 2. The number of nitrogens with zero attached hydrogens (tertiary/aromatic N) is 1. The highest BCUT2D eigenvalue weighted by molar-refractivity contribution is 6.02. The van der Waals surface area contributed by atoms with Gasteiger partial charge in [-0.1, -0.05) is 24.3 Å². The molecular formula is C22H27N3O5. The Hall–Kier alpha value is -3.29. The van der Waals surface area contributed by atoms with E-state index in [1.807, 2.05) is 24.3 Å². The van der Waals surface area contributed by atoms with E-state index in [4.69, 9.17) is 4.74 Å². The molecule has 8 heteroatoms. The Morgan fingerprint density at radius 2 is 1.77 bits per heavy atom. The first-order chi connectivity index (χ1) is 14.1. The van der Waals surface area contributed by atoms with Crippen molar-refractivity contribution >= 4 is 28.7 Å². The Labute approximate surface area is 175 Å². The molecule has 0 saturated carbocycles. The van der Waals surface area contributed by atoms with Gasteiger partial charge in [-0.2, -0.15) is 0 Å². The molecule has 8 nitrogen and oxygen atoms in total. The van der Waals surface area contributed by atoms with Crippen molar-refractivity contribution in [2.45, 2.75) is 39.2 Å². The summed E-state index contributed by atoms with van der Waals surface area (Å²) in [6.07, 6.45) is 0.809. The van der Waals surface area contributed by atoms with Crippen LogP contribution in [0.25, 0.3) is 10.8 Å². The van der Waals surface area contributed by atoms with Gasteiger partial charge in [0.05, 0.1) is 11.5 Å². The van der Waals surface area contributed by atoms with Gasteiger partial charge in [0.15, 0.2) is 0 Å². The van der Waals surface area contributed by atoms with Crippen LogP contribution in [-0.2, 0) is 9.53 Å². The molecular weight excluding hydrogens is 386 g/mol. The summed E-state index contributed by atoms with van der Waals surface area (Å²) < 4.78 is 5.37. The number of phenolic OH excluding ortho intramolecular Hbond substituents is 1. The third kappa shape index (κ3) is 5.20. The number of aromatic hydroxyl groups is 1. The van der Waals surface area contributed by atoms with Gasteiger partial charge in [0.2, 0.25) is 5.91 Å². The molecule has 1 atom stereocenters. The predicted molar refractivity (Wildman–Crippen MR) is 112 cm³/mol. The number of hydrogen-bond donors (Lipinski definition) is 3. The molecule has 2 aromatic rings. The number of phenols is 1. The van der Waals surface area contributed by atoms with E-state index in [2.05, 4.69) is 10.9 Å². The van der Waals surface area contributed by atoms with Crippen LogP contribution in [-0.4, -0.2) is 46.6 Å². The summed E-state index contributed by atoms with van der Waals surface area (Å²) in [7, 11) is 0. The highest BCUT2D eigenvalue weighted by Crippen LogP contribution is 2.25. The molecule has 1 aliphatic heterocycles. The number of hydrazine groups is 1. The second-order valence-electron chi connectivity index (χ2n) is 8.43. The SMILES string of the molecule is CC(C)(C)OC(=O)N1CCCC(C(=O)NNC(=O)c2cc3ccccc3cc2O)C1. The lowest BCUT2D eigenvalue weighted by atomic mass is 9.98. The molecule has 3 rings (SSSR count). The van der Waals surface area contributed by atoms with E-state index in [-0.39, 0.29) is 17.9 Å². The number of carbonyl (C=O) groups is 3. The fourth-order valence-corrected chi connectivity index (χ4v) is 3.38. The Bertz CT molecular complexity index is 967. The molecule has 3 amide bonds. The lowest BCUT2D eigenvalue weighted by Crippen LogP contribution is -2.50. The maximum absolute atomic E-state index is 12.5. The minimum Gasteiger partial charge on any atom is -0.507 e. The standard InChI is InChI=1S/C22H27N3O5/c1-22(2,3)30-21(29)25-10-6-9-16(13-25)19(27)23-24-20(28)17-11-14-7-4-5-8-15(14)12-18(17)26/h4-5,7-8,11-12,16,26H,6,9-10,13H2,1-3H3,(H,23,27)(H,24,28). The van der Waals surface area contributed by atoms with E-state index in [9.17, 15) is 19.5 Å². The summed E-state index contributed by atoms with van der Waals surface area (Å²) in [5, 5.41) is 11.8. The molecule has 0 bridgehead atoms. The van der Waals surface area contributed by atoms with Crippen molar-refractivity contribution in [2.75, 3.05) is 13.1 Å². The summed E-state index contributed by atoms with van der Waals surface area (Å²) in [6.45, 7) is 6.11. The molecule has 1 unspecified atom stereocenters. The number of piperidine rings is 1. The van der Waals surface area contributed by atoms with Gasteiger partial charge < -0.3 is 14.7 Å². The maximum Gasteiger partial charge on any atom is 0.410 e. The van der Waals surface area contributed by atoms with Crippen molar-refractivity contribution in [3.63, 3.8) is 0 Å². The lowest BCUT2D eigenvalue weighted by molar-refractivity contribution is -0.127. The highest BCUT2D eigenvalue weighted by atomic mass is 16.6. The van der Waals surface area contributed by atoms with Crippen molar-refractivity contribution in [2.24, 2.45) is 5.92 Å². The lowest BCUT2D eigenvalue weighted by Gasteiger charge is -2.33. The molecule has 3 N–H and O–H groups in total. The number of benzene rings is 2. The predicted octanol–water partition coefficient (Wildman–Crippen LogP) is 2.95. The Balaban J connectivity index is 1.59. The fraction of sp³-hybridized carbons (Fsp3) is 0.409. The van der Waals surface area contributed by atoms with Crippen LogP contribution in [0.15, 0.2) is 36.4 Å². The quantitative estimate of drug-likeness (QED) is 0.656. The van der Waals surface area contributed by atoms with Crippen LogP contribution >= 0.6 is 0 Å². The summed E-state index contributed by atoms with van der Waals surface area (Å²) in [4.78, 5) is 38.7. The number of hydrogen-bond acceptors (Lipinski definition) is 5. The molecule has 1 fully saturated rings. The molecule has 1 saturated heterocycles. The third-order valence-corrected chi connectivity index (χ3v) is 4.85. The fourth-order valence-electron chi connectivity index (χ4n) is 3.38. The number of amides is 3. The first kappa shape index (κ1) is 21.4. The van der Waals surface area contributed by atoms with Gasteiger partial charge in [-0.3, -0.25) is 20.4 Å². The van der Waals surface area contributed by atoms with Crippen molar-refractivity contribution < 1.29 is 24.2 Å². The smallest absolute Gasteiger partial charge is 0.410 e. The van der Waals surface area contributed by atoms with Crippen LogP contribution in [0.3, 0.4) is 0 Å². The zero-order valence-corrected chi connectivity index (χ0v) is 17.4. The van der Waals surface area contributed by atoms with E-state index >= 15 is 0 Å². The van der Waals surface area contributed by atoms with E-state index in [1.54, 1.807) is 26.8 Å². The largest absolute Gasteiger partial charge is 0.507 e. The van der Waals surface area contributed by atoms with Crippen LogP contribution in [0.4, 0.5) is 4.79 Å². The van der Waals surface area contributed by atoms with Crippen LogP contribution in [0, 0.1) is 5.92 Å². The third-order valence-electron chi connectivity index (χ3n) is 4.85. The van der Waals surface area contributed by atoms with Crippen LogP contribution < -0.4 is 10.9 Å². The van der Waals surface area contributed by atoms with Crippen molar-refractivity contribution in [1.29, 1.82) is 0 Å². The number of ether oxygens (including phenoxy) is 1. The van der Waals surface area contributed by atoms with Crippen LogP contribution in [0.1, 0.15) is 44.0 Å². The summed E-state index contributed by atoms with van der Waals surface area (Å²) in [6, 6.07) is 10.4. The topological polar surface area (TPSA) is 108 Å². The zero-order chi connectivity index (χ0) is 21.9. The molecule has 160 valence electrons. The van der Waals surface area contributed by atoms with E-state index in [1.165, 1.54) is 11.0 Å². The van der Waals surface area contributed by atoms with Gasteiger partial charge in [-0.05, 0) is 56.5 Å². The second kappa shape index (κ2) is 8.61. The number of carbonyl (C=O) groups excluding carboxylic acids is 3. The highest BCUT2D eigenvalue weighted by Gasteiger charge is 2.31. The van der Waals surface area contributed by atoms with Crippen LogP contribution in [0.2, 0.25) is 0 Å². The summed E-state index contributed by atoms with van der Waals surface area (Å²) in [5.74, 6) is -1.64. The van der Waals surface area contributed by atoms with E-state index in [0.29, 0.717) is 19.4 Å². The Morgan fingerprint density at radius 1 is 1.10 bits per heavy atom. The average molecular weight is 413 g/mol. The first-order valence-corrected chi connectivity index (χ1v) is 9.94. The Morgan fingerprint density at radius 3 is 2.43 bits per heavy atom. The van der Waals surface area contributed by atoms with Gasteiger partial charge in [0.1, 0.15) is 11.4 Å². The average Bonchev–Trinajstić information content (AvgIpc) is 2.70. The molecule has 0 radical (unpaired) electrons. The van der Waals surface area contributed by atoms with Crippen LogP contribution in [0.5, 0.6) is 5.75 Å². The molecule has 0 spiro atoms. The first-order valence-electron chi connectivity index (χ1n) is 9.94. The molecule has 0 aliphatic carbocycles. The minimum atomic E-state index is -0.619. The maximum atomic E-state index is 12.5.